The molecule has 0 aliphatic carbocycles. The molecule has 0 bridgehead atoms. The molecule has 0 saturated carbocycles. The summed E-state index contributed by atoms with van der Waals surface area (Å²) in [4.78, 5) is 29.5. The maximum atomic E-state index is 13.0. The van der Waals surface area contributed by atoms with E-state index in [1.54, 1.807) is 42.7 Å². The number of rotatable bonds is 6. The van der Waals surface area contributed by atoms with Gasteiger partial charge in [0, 0.05) is 35.0 Å². The van der Waals surface area contributed by atoms with Gasteiger partial charge >= 0.3 is 5.97 Å². The van der Waals surface area contributed by atoms with Gasteiger partial charge in [0.1, 0.15) is 23.9 Å². The number of benzene rings is 3. The smallest absolute Gasteiger partial charge is 0.312 e. The minimum absolute atomic E-state index is 0.0373. The predicted molar refractivity (Wildman–Crippen MR) is 125 cm³/mol. The quantitative estimate of drug-likeness (QED) is 0.251. The molecule has 1 aliphatic heterocycles. The van der Waals surface area contributed by atoms with Crippen molar-refractivity contribution in [2.75, 3.05) is 0 Å². The first-order chi connectivity index (χ1) is 16.6. The largest absolute Gasteiger partial charge is 0.507 e. The number of aromatic hydroxyl groups is 1. The Balaban J connectivity index is 1.49. The number of phenols is 1. The van der Waals surface area contributed by atoms with Crippen LogP contribution < -0.4 is 9.47 Å². The normalized spacial score (nSPS) is 14.7. The predicted octanol–water partition coefficient (Wildman–Crippen LogP) is 5.04. The van der Waals surface area contributed by atoms with E-state index in [1.807, 2.05) is 42.5 Å². The van der Waals surface area contributed by atoms with Gasteiger partial charge in [-0.1, -0.05) is 48.5 Å². The topological polar surface area (TPSA) is 85.7 Å². The molecule has 0 radical (unpaired) electrons. The molecular weight excluding hydrogens is 430 g/mol. The summed E-state index contributed by atoms with van der Waals surface area (Å²) in [6.07, 6.45) is 3.48. The van der Waals surface area contributed by atoms with Gasteiger partial charge < -0.3 is 14.6 Å². The lowest BCUT2D eigenvalue weighted by atomic mass is 9.84. The minimum Gasteiger partial charge on any atom is -0.507 e. The fourth-order valence-corrected chi connectivity index (χ4v) is 4.13. The van der Waals surface area contributed by atoms with E-state index in [9.17, 15) is 14.7 Å². The van der Waals surface area contributed by atoms with E-state index in [4.69, 9.17) is 9.47 Å². The van der Waals surface area contributed by atoms with Crippen LogP contribution >= 0.6 is 0 Å². The van der Waals surface area contributed by atoms with E-state index >= 15 is 0 Å². The van der Waals surface area contributed by atoms with Gasteiger partial charge in [0.05, 0.1) is 12.0 Å². The fraction of sp³-hybridized carbons (Fsp3) is 0.107. The molecule has 1 aliphatic rings. The second kappa shape index (κ2) is 9.19. The van der Waals surface area contributed by atoms with E-state index in [2.05, 4.69) is 4.98 Å². The molecule has 5 rings (SSSR count). The van der Waals surface area contributed by atoms with Gasteiger partial charge in [-0.3, -0.25) is 14.6 Å². The van der Waals surface area contributed by atoms with E-state index in [1.165, 1.54) is 6.07 Å². The van der Waals surface area contributed by atoms with Gasteiger partial charge in [0.15, 0.2) is 5.78 Å². The molecule has 0 spiro atoms. The number of nitrogens with zero attached hydrogens (tertiary/aromatic N) is 1. The van der Waals surface area contributed by atoms with Crippen LogP contribution in [0.3, 0.4) is 0 Å². The SMILES string of the molecule is O=C1CC(c2cccc(OCc3cccnc3)c2)c2c(ccc(C(=O)c3ccccc3)c2O)O1. The number of hydrogen-bond acceptors (Lipinski definition) is 6. The third kappa shape index (κ3) is 4.26. The van der Waals surface area contributed by atoms with Crippen LogP contribution in [0.4, 0.5) is 0 Å². The van der Waals surface area contributed by atoms with Gasteiger partial charge in [0.25, 0.3) is 0 Å². The molecule has 2 heterocycles. The number of fused-ring (bicyclic) bond motifs is 1. The Labute approximate surface area is 196 Å². The number of carbonyl (C=O) groups excluding carboxylic acids is 2. The first kappa shape index (κ1) is 21.4. The summed E-state index contributed by atoms with van der Waals surface area (Å²) in [5.41, 5.74) is 2.76. The van der Waals surface area contributed by atoms with Gasteiger partial charge in [-0.25, -0.2) is 0 Å². The highest BCUT2D eigenvalue weighted by atomic mass is 16.5. The molecule has 4 aromatic rings. The van der Waals surface area contributed by atoms with E-state index in [-0.39, 0.29) is 29.3 Å². The molecule has 34 heavy (non-hydrogen) atoms. The zero-order chi connectivity index (χ0) is 23.5. The number of ketones is 1. The van der Waals surface area contributed by atoms with Crippen molar-refractivity contribution in [2.24, 2.45) is 0 Å². The Morgan fingerprint density at radius 3 is 2.68 bits per heavy atom. The van der Waals surface area contributed by atoms with Crippen molar-refractivity contribution in [1.82, 2.24) is 4.98 Å². The molecule has 1 aromatic heterocycles. The zero-order valence-electron chi connectivity index (χ0n) is 18.2. The number of carbonyl (C=O) groups is 2. The summed E-state index contributed by atoms with van der Waals surface area (Å²) < 4.78 is 11.3. The molecule has 3 aromatic carbocycles. The average Bonchev–Trinajstić information content (AvgIpc) is 2.88. The lowest BCUT2D eigenvalue weighted by Crippen LogP contribution is -2.22. The van der Waals surface area contributed by atoms with Crippen LogP contribution in [0, 0.1) is 0 Å². The lowest BCUT2D eigenvalue weighted by Gasteiger charge is -2.27. The van der Waals surface area contributed by atoms with Crippen molar-refractivity contribution in [3.63, 3.8) is 0 Å². The van der Waals surface area contributed by atoms with Crippen LogP contribution in [0.15, 0.2) is 91.3 Å². The van der Waals surface area contributed by atoms with Crippen molar-refractivity contribution in [3.8, 4) is 17.2 Å². The van der Waals surface area contributed by atoms with Crippen molar-refractivity contribution in [3.05, 3.63) is 119 Å². The maximum absolute atomic E-state index is 13.0. The van der Waals surface area contributed by atoms with E-state index in [0.29, 0.717) is 23.5 Å². The number of aromatic nitrogens is 1. The number of pyridine rings is 1. The molecule has 0 saturated heterocycles. The van der Waals surface area contributed by atoms with Crippen LogP contribution in [-0.2, 0) is 11.4 Å². The molecular formula is C28H21NO5. The maximum Gasteiger partial charge on any atom is 0.312 e. The van der Waals surface area contributed by atoms with Gasteiger partial charge in [-0.05, 0) is 35.9 Å². The number of ether oxygens (including phenoxy) is 2. The Bertz CT molecular complexity index is 1350. The summed E-state index contributed by atoms with van der Waals surface area (Å²) in [7, 11) is 0. The fourth-order valence-electron chi connectivity index (χ4n) is 4.13. The van der Waals surface area contributed by atoms with Crippen LogP contribution in [0.1, 0.15) is 45.0 Å². The van der Waals surface area contributed by atoms with Crippen LogP contribution in [0.5, 0.6) is 17.2 Å². The zero-order valence-corrected chi connectivity index (χ0v) is 18.2. The van der Waals surface area contributed by atoms with Gasteiger partial charge in [0.2, 0.25) is 0 Å². The Hall–Kier alpha value is -4.45. The number of esters is 1. The van der Waals surface area contributed by atoms with E-state index < -0.39 is 11.9 Å². The van der Waals surface area contributed by atoms with Crippen molar-refractivity contribution in [1.29, 1.82) is 0 Å². The molecule has 6 heteroatoms. The first-order valence-electron chi connectivity index (χ1n) is 10.9. The molecule has 0 amide bonds. The molecule has 1 N–H and O–H groups in total. The van der Waals surface area contributed by atoms with Crippen LogP contribution in [0.25, 0.3) is 0 Å². The summed E-state index contributed by atoms with van der Waals surface area (Å²) in [5, 5.41) is 11.2. The third-order valence-electron chi connectivity index (χ3n) is 5.79. The monoisotopic (exact) mass is 451 g/mol. The minimum atomic E-state index is -0.485. The number of phenolic OH excluding ortho intramolecular Hbond substituents is 1. The third-order valence-corrected chi connectivity index (χ3v) is 5.79. The highest BCUT2D eigenvalue weighted by Gasteiger charge is 2.33. The number of hydrogen-bond donors (Lipinski definition) is 1. The van der Waals surface area contributed by atoms with Gasteiger partial charge in [-0.2, -0.15) is 0 Å². The molecule has 1 unspecified atom stereocenters. The average molecular weight is 451 g/mol. The van der Waals surface area contributed by atoms with Crippen molar-refractivity contribution < 1.29 is 24.2 Å². The standard InChI is InChI=1S/C28H21NO5/c30-25-15-23(20-9-4-10-21(14-20)33-17-18-6-5-13-29-16-18)26-24(34-25)12-11-22(28(26)32)27(31)19-7-2-1-3-8-19/h1-14,16,23,32H,15,17H2. The highest BCUT2D eigenvalue weighted by Crippen LogP contribution is 2.46. The Morgan fingerprint density at radius 1 is 1.03 bits per heavy atom. The Kier molecular flexibility index (Phi) is 5.79. The Morgan fingerprint density at radius 2 is 1.88 bits per heavy atom. The second-order valence-electron chi connectivity index (χ2n) is 8.02. The van der Waals surface area contributed by atoms with Crippen molar-refractivity contribution >= 4 is 11.8 Å². The molecule has 0 fully saturated rings. The molecule has 6 nitrogen and oxygen atoms in total. The summed E-state index contributed by atoms with van der Waals surface area (Å²) >= 11 is 0. The van der Waals surface area contributed by atoms with Crippen LogP contribution in [0.2, 0.25) is 0 Å². The van der Waals surface area contributed by atoms with Crippen molar-refractivity contribution in [2.45, 2.75) is 18.9 Å². The van der Waals surface area contributed by atoms with E-state index in [0.717, 1.165) is 11.1 Å². The summed E-state index contributed by atoms with van der Waals surface area (Å²) in [5.74, 6) is -0.485. The highest BCUT2D eigenvalue weighted by molar-refractivity contribution is 6.11. The molecule has 168 valence electrons. The second-order valence-corrected chi connectivity index (χ2v) is 8.02. The first-order valence-corrected chi connectivity index (χ1v) is 10.9. The lowest BCUT2D eigenvalue weighted by molar-refractivity contribution is -0.135. The van der Waals surface area contributed by atoms with Gasteiger partial charge in [-0.15, -0.1) is 0 Å². The molecule has 1 atom stereocenters. The summed E-state index contributed by atoms with van der Waals surface area (Å²) in [6, 6.07) is 23.0. The van der Waals surface area contributed by atoms with Crippen LogP contribution in [-0.4, -0.2) is 21.8 Å². The summed E-state index contributed by atoms with van der Waals surface area (Å²) in [6.45, 7) is 0.349.